The Morgan fingerprint density at radius 2 is 1.53 bits per heavy atom. The molecular formula is C26H48N4O2. The van der Waals surface area contributed by atoms with Gasteiger partial charge in [-0.15, -0.1) is 0 Å². The van der Waals surface area contributed by atoms with Gasteiger partial charge >= 0.3 is 0 Å². The van der Waals surface area contributed by atoms with E-state index in [1.807, 2.05) is 33.2 Å². The molecule has 0 aromatic carbocycles. The smallest absolute Gasteiger partial charge is 0.130 e. The molecule has 6 nitrogen and oxygen atoms in total. The molecule has 2 saturated carbocycles. The molecule has 1 aromatic heterocycles. The zero-order chi connectivity index (χ0) is 24.0. The van der Waals surface area contributed by atoms with Gasteiger partial charge in [0.1, 0.15) is 12.1 Å². The van der Waals surface area contributed by atoms with Crippen LogP contribution in [0.1, 0.15) is 97.7 Å². The maximum Gasteiger partial charge on any atom is 0.130 e. The minimum absolute atomic E-state index is 0.404. The van der Waals surface area contributed by atoms with Crippen LogP contribution in [-0.4, -0.2) is 65.6 Å². The number of nitrogens with zero attached hydrogens (tertiary/aromatic N) is 4. The Bertz CT molecular complexity index is 599. The highest BCUT2D eigenvalue weighted by Crippen LogP contribution is 2.53. The van der Waals surface area contributed by atoms with E-state index < -0.39 is 0 Å². The minimum atomic E-state index is 0.404. The first-order chi connectivity index (χ1) is 15.6. The largest absolute Gasteiger partial charge is 0.400 e. The summed E-state index contributed by atoms with van der Waals surface area (Å²) in [7, 11) is 1.00. The summed E-state index contributed by atoms with van der Waals surface area (Å²) in [6.45, 7) is 14.7. The summed E-state index contributed by atoms with van der Waals surface area (Å²) >= 11 is 0. The summed E-state index contributed by atoms with van der Waals surface area (Å²) < 4.78 is 0. The Balaban J connectivity index is 0.000000568. The lowest BCUT2D eigenvalue weighted by molar-refractivity contribution is -0.107. The van der Waals surface area contributed by atoms with Gasteiger partial charge in [0.2, 0.25) is 0 Å². The van der Waals surface area contributed by atoms with Crippen molar-refractivity contribution < 1.29 is 9.90 Å². The molecule has 0 amide bonds. The zero-order valence-electron chi connectivity index (χ0n) is 21.5. The molecule has 4 rings (SSSR count). The quantitative estimate of drug-likeness (QED) is 0.649. The van der Waals surface area contributed by atoms with Crippen molar-refractivity contribution in [1.82, 2.24) is 14.9 Å². The fourth-order valence-electron chi connectivity index (χ4n) is 5.05. The van der Waals surface area contributed by atoms with Crippen molar-refractivity contribution in [3.63, 3.8) is 0 Å². The fraction of sp³-hybridized carbons (Fsp3) is 0.808. The van der Waals surface area contributed by atoms with Crippen molar-refractivity contribution in [3.8, 4) is 0 Å². The molecule has 3 aliphatic rings. The molecule has 0 radical (unpaired) electrons. The normalized spacial score (nSPS) is 20.1. The molecule has 1 spiro atoms. The first-order valence-corrected chi connectivity index (χ1v) is 12.8. The van der Waals surface area contributed by atoms with Gasteiger partial charge in [-0.2, -0.15) is 0 Å². The molecule has 6 heteroatoms. The third kappa shape index (κ3) is 8.11. The second-order valence-corrected chi connectivity index (χ2v) is 9.17. The van der Waals surface area contributed by atoms with E-state index in [0.717, 1.165) is 43.8 Å². The highest BCUT2D eigenvalue weighted by atomic mass is 16.2. The van der Waals surface area contributed by atoms with E-state index in [0.29, 0.717) is 12.3 Å². The Kier molecular flexibility index (Phi) is 13.7. The number of carbonyl (C=O) groups excluding carboxylic acids is 1. The highest BCUT2D eigenvalue weighted by Gasteiger charge is 2.46. The van der Waals surface area contributed by atoms with E-state index in [1.165, 1.54) is 63.7 Å². The van der Waals surface area contributed by atoms with Crippen molar-refractivity contribution in [2.45, 2.75) is 97.9 Å². The van der Waals surface area contributed by atoms with Gasteiger partial charge in [-0.25, -0.2) is 9.97 Å². The van der Waals surface area contributed by atoms with Crippen LogP contribution in [0.25, 0.3) is 0 Å². The van der Waals surface area contributed by atoms with Crippen LogP contribution >= 0.6 is 0 Å². The van der Waals surface area contributed by atoms with E-state index in [1.54, 1.807) is 0 Å². The molecule has 1 saturated heterocycles. The average Bonchev–Trinajstić information content (AvgIpc) is 2.86. The van der Waals surface area contributed by atoms with E-state index in [4.69, 9.17) is 5.11 Å². The molecule has 2 aliphatic carbocycles. The molecule has 1 N–H and O–H groups in total. The van der Waals surface area contributed by atoms with Gasteiger partial charge in [0.05, 0.1) is 18.1 Å². The van der Waals surface area contributed by atoms with Crippen LogP contribution in [0.4, 0.5) is 5.69 Å². The number of carbonyl (C=O) groups is 1. The third-order valence-electron chi connectivity index (χ3n) is 6.79. The molecular weight excluding hydrogens is 400 g/mol. The Morgan fingerprint density at radius 3 is 1.97 bits per heavy atom. The van der Waals surface area contributed by atoms with Gasteiger partial charge in [0, 0.05) is 51.7 Å². The molecule has 1 aromatic rings. The van der Waals surface area contributed by atoms with Crippen LogP contribution in [0.2, 0.25) is 0 Å². The zero-order valence-corrected chi connectivity index (χ0v) is 21.5. The van der Waals surface area contributed by atoms with Crippen molar-refractivity contribution in [3.05, 3.63) is 18.2 Å². The number of aliphatic hydroxyl groups is 1. The van der Waals surface area contributed by atoms with E-state index in [2.05, 4.69) is 33.6 Å². The van der Waals surface area contributed by atoms with Gasteiger partial charge in [0.15, 0.2) is 0 Å². The van der Waals surface area contributed by atoms with Crippen molar-refractivity contribution in [2.75, 3.05) is 38.2 Å². The Morgan fingerprint density at radius 1 is 1.03 bits per heavy atom. The fourth-order valence-corrected chi connectivity index (χ4v) is 5.05. The second-order valence-electron chi connectivity index (χ2n) is 9.17. The van der Waals surface area contributed by atoms with Crippen LogP contribution < -0.4 is 4.90 Å². The molecule has 184 valence electrons. The molecule has 0 bridgehead atoms. The predicted octanol–water partition coefficient (Wildman–Crippen LogP) is 5.06. The minimum Gasteiger partial charge on any atom is -0.400 e. The number of aromatic nitrogens is 2. The molecule has 0 atom stereocenters. The topological polar surface area (TPSA) is 69.6 Å². The third-order valence-corrected chi connectivity index (χ3v) is 6.79. The van der Waals surface area contributed by atoms with E-state index in [-0.39, 0.29) is 0 Å². The summed E-state index contributed by atoms with van der Waals surface area (Å²) in [6, 6.07) is 0.866. The summed E-state index contributed by atoms with van der Waals surface area (Å²) in [5, 5.41) is 7.00. The number of aliphatic hydroxyl groups excluding tert-OH is 1. The standard InChI is InChI=1S/C20H32N4.C3H6O.C2H6.CH4O/c1-16(2)19-21-14-18(15-22-19)24-10-8-23(9-11-24)17-12-20(13-17)6-4-3-5-7-20;1-2-3-4;2*1-2/h14-17H,3-13H2,1-2H3;3H,2H2,1H3;1-2H3;2H,1H3. The number of aldehydes is 1. The van der Waals surface area contributed by atoms with Crippen LogP contribution in [0.15, 0.2) is 12.4 Å². The van der Waals surface area contributed by atoms with Crippen molar-refractivity contribution in [1.29, 1.82) is 0 Å². The number of anilines is 1. The lowest BCUT2D eigenvalue weighted by Gasteiger charge is -2.55. The van der Waals surface area contributed by atoms with Gasteiger partial charge in [-0.3, -0.25) is 4.90 Å². The monoisotopic (exact) mass is 448 g/mol. The number of piperazine rings is 1. The van der Waals surface area contributed by atoms with Crippen LogP contribution in [0.3, 0.4) is 0 Å². The first kappa shape index (κ1) is 28.5. The summed E-state index contributed by atoms with van der Waals surface area (Å²) in [4.78, 5) is 23.4. The van der Waals surface area contributed by atoms with Crippen molar-refractivity contribution >= 4 is 12.0 Å². The number of hydrogen-bond acceptors (Lipinski definition) is 6. The Labute approximate surface area is 196 Å². The SMILES string of the molecule is CC.CC(C)c1ncc(N2CCN(C3CC4(CCCCC4)C3)CC2)cn1.CCC=O.CO. The first-order valence-electron chi connectivity index (χ1n) is 12.8. The van der Waals surface area contributed by atoms with Gasteiger partial charge in [-0.05, 0) is 31.1 Å². The predicted molar refractivity (Wildman–Crippen MR) is 134 cm³/mol. The van der Waals surface area contributed by atoms with E-state index in [9.17, 15) is 4.79 Å². The molecule has 3 fully saturated rings. The van der Waals surface area contributed by atoms with Crippen LogP contribution in [0.5, 0.6) is 0 Å². The van der Waals surface area contributed by atoms with Crippen LogP contribution in [0, 0.1) is 5.41 Å². The van der Waals surface area contributed by atoms with Gasteiger partial charge in [-0.1, -0.05) is 53.9 Å². The second kappa shape index (κ2) is 15.3. The maximum atomic E-state index is 9.17. The molecule has 1 aliphatic heterocycles. The van der Waals surface area contributed by atoms with E-state index >= 15 is 0 Å². The highest BCUT2D eigenvalue weighted by molar-refractivity contribution is 5.48. The average molecular weight is 449 g/mol. The Hall–Kier alpha value is -1.53. The summed E-state index contributed by atoms with van der Waals surface area (Å²) in [5.41, 5.74) is 1.94. The lowest BCUT2D eigenvalue weighted by Crippen LogP contribution is -2.57. The summed E-state index contributed by atoms with van der Waals surface area (Å²) in [6.07, 6.45) is 15.9. The lowest BCUT2D eigenvalue weighted by atomic mass is 9.58. The molecule has 32 heavy (non-hydrogen) atoms. The molecule has 0 unspecified atom stereocenters. The number of hydrogen-bond donors (Lipinski definition) is 1. The van der Waals surface area contributed by atoms with Crippen molar-refractivity contribution in [2.24, 2.45) is 5.41 Å². The van der Waals surface area contributed by atoms with Gasteiger partial charge < -0.3 is 14.8 Å². The maximum absolute atomic E-state index is 9.17. The van der Waals surface area contributed by atoms with Crippen LogP contribution in [-0.2, 0) is 4.79 Å². The van der Waals surface area contributed by atoms with Gasteiger partial charge in [0.25, 0.3) is 0 Å². The number of rotatable bonds is 4. The summed E-state index contributed by atoms with van der Waals surface area (Å²) in [5.74, 6) is 1.35. The molecule has 2 heterocycles.